The summed E-state index contributed by atoms with van der Waals surface area (Å²) in [6, 6.07) is 17.1. The Morgan fingerprint density at radius 2 is 1.37 bits per heavy atom. The van der Waals surface area contributed by atoms with E-state index in [1.807, 2.05) is 24.3 Å². The van der Waals surface area contributed by atoms with E-state index in [0.29, 0.717) is 11.1 Å². The van der Waals surface area contributed by atoms with E-state index in [1.54, 1.807) is 0 Å². The van der Waals surface area contributed by atoms with E-state index in [2.05, 4.69) is 98.9 Å². The van der Waals surface area contributed by atoms with E-state index >= 15 is 0 Å². The zero-order chi connectivity index (χ0) is 32.9. The molecule has 2 heterocycles. The summed E-state index contributed by atoms with van der Waals surface area (Å²) in [5, 5.41) is 11.5. The van der Waals surface area contributed by atoms with E-state index in [9.17, 15) is 9.90 Å². The van der Waals surface area contributed by atoms with Crippen molar-refractivity contribution in [3.8, 4) is 0 Å². The highest BCUT2D eigenvalue weighted by Crippen LogP contribution is 2.49. The molecule has 2 aliphatic heterocycles. The monoisotopic (exact) mass is 617 g/mol. The van der Waals surface area contributed by atoms with Crippen LogP contribution >= 0.6 is 0 Å². The second-order valence-electron chi connectivity index (χ2n) is 14.1. The van der Waals surface area contributed by atoms with Crippen molar-refractivity contribution in [3.63, 3.8) is 0 Å². The number of hydrogen-bond donors (Lipinski definition) is 1. The number of Topliss-reactive ketones (excluding diaryl/α,β-unsaturated/α-hetero) is 1. The van der Waals surface area contributed by atoms with Gasteiger partial charge in [0.05, 0.1) is 16.6 Å². The van der Waals surface area contributed by atoms with Crippen molar-refractivity contribution in [3.05, 3.63) is 120 Å². The number of carbonyl (C=O) groups is 1. The van der Waals surface area contributed by atoms with Crippen molar-refractivity contribution in [2.45, 2.75) is 103 Å². The Balaban J connectivity index is 1.45. The number of aliphatic hydroxyl groups is 1. The van der Waals surface area contributed by atoms with Crippen LogP contribution in [0.15, 0.2) is 109 Å². The molecule has 0 fully saturated rings. The quantitative estimate of drug-likeness (QED) is 0.0882. The van der Waals surface area contributed by atoms with E-state index in [4.69, 9.17) is 0 Å². The van der Waals surface area contributed by atoms with Gasteiger partial charge in [-0.15, -0.1) is 13.2 Å². The lowest BCUT2D eigenvalue weighted by Crippen LogP contribution is -2.32. The number of rotatable bonds is 16. The summed E-state index contributed by atoms with van der Waals surface area (Å²) in [5.41, 5.74) is 7.36. The van der Waals surface area contributed by atoms with Gasteiger partial charge in [0, 0.05) is 47.5 Å². The van der Waals surface area contributed by atoms with Crippen molar-refractivity contribution < 1.29 is 14.5 Å². The number of fused-ring (bicyclic) bond motifs is 2. The van der Waals surface area contributed by atoms with Crippen molar-refractivity contribution in [2.24, 2.45) is 0 Å². The maximum absolute atomic E-state index is 13.9. The summed E-state index contributed by atoms with van der Waals surface area (Å²) in [7, 11) is 0. The number of carbonyl (C=O) groups excluding carboxylic acids is 1. The fourth-order valence-corrected chi connectivity index (χ4v) is 7.49. The molecular formula is C42H53N2O2+. The van der Waals surface area contributed by atoms with Crippen LogP contribution in [0.4, 0.5) is 11.4 Å². The van der Waals surface area contributed by atoms with Gasteiger partial charge in [0.1, 0.15) is 12.3 Å². The number of allylic oxidation sites excluding steroid dienone is 7. The molecule has 3 aliphatic rings. The Morgan fingerprint density at radius 1 is 0.761 bits per heavy atom. The molecule has 46 heavy (non-hydrogen) atoms. The second kappa shape index (κ2) is 14.2. The first-order chi connectivity index (χ1) is 22.1. The SMILES string of the molecule is C=CCCCCCCN1C(=CC2=C(O)C(=CC3=[N+](CCCCCCC=C)c4ccccc4C3(C)C)C2=O)C(C)(C)c2ccccc21. The molecule has 0 saturated heterocycles. The lowest BCUT2D eigenvalue weighted by molar-refractivity contribution is -0.438. The minimum absolute atomic E-state index is 0.0789. The molecule has 4 heteroatoms. The van der Waals surface area contributed by atoms with Gasteiger partial charge in [0.2, 0.25) is 11.5 Å². The summed E-state index contributed by atoms with van der Waals surface area (Å²) >= 11 is 0. The number of hydrogen-bond acceptors (Lipinski definition) is 3. The summed E-state index contributed by atoms with van der Waals surface area (Å²) in [4.78, 5) is 16.2. The molecule has 0 atom stereocenters. The highest BCUT2D eigenvalue weighted by Gasteiger charge is 2.47. The van der Waals surface area contributed by atoms with Gasteiger partial charge in [0.15, 0.2) is 5.71 Å². The molecule has 4 nitrogen and oxygen atoms in total. The van der Waals surface area contributed by atoms with E-state index in [-0.39, 0.29) is 22.4 Å². The molecule has 2 aromatic rings. The number of nitrogens with zero attached hydrogens (tertiary/aromatic N) is 2. The Labute approximate surface area is 277 Å². The largest absolute Gasteiger partial charge is 0.506 e. The van der Waals surface area contributed by atoms with Gasteiger partial charge < -0.3 is 10.0 Å². The van der Waals surface area contributed by atoms with Crippen LogP contribution in [0.3, 0.4) is 0 Å². The number of ketones is 1. The van der Waals surface area contributed by atoms with Crippen molar-refractivity contribution in [1.82, 2.24) is 0 Å². The minimum atomic E-state index is -0.279. The van der Waals surface area contributed by atoms with Gasteiger partial charge in [-0.3, -0.25) is 4.79 Å². The molecule has 242 valence electrons. The third kappa shape index (κ3) is 6.36. The van der Waals surface area contributed by atoms with Gasteiger partial charge in [-0.25, -0.2) is 0 Å². The standard InChI is InChI=1S/C42H52N2O2/c1-7-9-11-13-15-21-27-43-35-25-19-17-23-33(35)41(3,4)37(43)29-31-39(45)32(40(31)46)30-38-42(5,6)34-24-18-20-26-36(34)44(38)28-22-16-14-12-10-8-2/h7-8,17-20,23-26,29-30H,1-2,9-16,21-22,27-28H2,3-6H3/p+1. The van der Waals surface area contributed by atoms with Crippen LogP contribution in [0.5, 0.6) is 0 Å². The van der Waals surface area contributed by atoms with Crippen LogP contribution in [-0.2, 0) is 15.6 Å². The van der Waals surface area contributed by atoms with Crippen molar-refractivity contribution in [1.29, 1.82) is 0 Å². The van der Waals surface area contributed by atoms with Gasteiger partial charge in [0.25, 0.3) is 0 Å². The number of anilines is 1. The minimum Gasteiger partial charge on any atom is -0.506 e. The fourth-order valence-electron chi connectivity index (χ4n) is 7.49. The molecule has 0 unspecified atom stereocenters. The molecule has 0 amide bonds. The second-order valence-corrected chi connectivity index (χ2v) is 14.1. The molecule has 0 bridgehead atoms. The Morgan fingerprint density at radius 3 is 2.04 bits per heavy atom. The van der Waals surface area contributed by atoms with Crippen LogP contribution in [0.2, 0.25) is 0 Å². The zero-order valence-corrected chi connectivity index (χ0v) is 28.6. The maximum atomic E-state index is 13.9. The Hall–Kier alpha value is -3.92. The highest BCUT2D eigenvalue weighted by atomic mass is 16.3. The summed E-state index contributed by atoms with van der Waals surface area (Å²) < 4.78 is 2.38. The normalized spacial score (nSPS) is 19.6. The first-order valence-electron chi connectivity index (χ1n) is 17.4. The molecule has 1 aliphatic carbocycles. The molecule has 0 saturated carbocycles. The first kappa shape index (κ1) is 33.4. The lowest BCUT2D eigenvalue weighted by atomic mass is 9.77. The highest BCUT2D eigenvalue weighted by molar-refractivity contribution is 6.24. The first-order valence-corrected chi connectivity index (χ1v) is 17.4. The molecular weight excluding hydrogens is 564 g/mol. The average molecular weight is 618 g/mol. The van der Waals surface area contributed by atoms with E-state index in [0.717, 1.165) is 63.0 Å². The molecule has 0 radical (unpaired) electrons. The summed E-state index contributed by atoms with van der Waals surface area (Å²) in [5.74, 6) is 0.0297. The predicted octanol–water partition coefficient (Wildman–Crippen LogP) is 10.3. The van der Waals surface area contributed by atoms with Gasteiger partial charge in [-0.1, -0.05) is 81.7 Å². The molecule has 0 spiro atoms. The number of para-hydroxylation sites is 2. The molecule has 1 N–H and O–H groups in total. The topological polar surface area (TPSA) is 43.5 Å². The van der Waals surface area contributed by atoms with E-state index < -0.39 is 0 Å². The zero-order valence-electron chi connectivity index (χ0n) is 28.6. The third-order valence-electron chi connectivity index (χ3n) is 10.2. The predicted molar refractivity (Wildman–Crippen MR) is 193 cm³/mol. The number of aliphatic hydroxyl groups excluding tert-OH is 1. The van der Waals surface area contributed by atoms with Gasteiger partial charge in [-0.05, 0) is 70.1 Å². The smallest absolute Gasteiger partial charge is 0.209 e. The van der Waals surface area contributed by atoms with Crippen LogP contribution < -0.4 is 4.90 Å². The van der Waals surface area contributed by atoms with Crippen LogP contribution in [0.25, 0.3) is 0 Å². The van der Waals surface area contributed by atoms with Gasteiger partial charge in [-0.2, -0.15) is 4.58 Å². The van der Waals surface area contributed by atoms with Crippen molar-refractivity contribution in [2.75, 3.05) is 18.0 Å². The average Bonchev–Trinajstić information content (AvgIpc) is 3.40. The van der Waals surface area contributed by atoms with Gasteiger partial charge >= 0.3 is 0 Å². The summed E-state index contributed by atoms with van der Waals surface area (Å²) in [6.07, 6.45) is 19.2. The van der Waals surface area contributed by atoms with Crippen LogP contribution in [-0.4, -0.2) is 34.3 Å². The Kier molecular flexibility index (Phi) is 10.4. The number of benzene rings is 2. The third-order valence-corrected chi connectivity index (χ3v) is 10.2. The number of unbranched alkanes of at least 4 members (excludes halogenated alkanes) is 8. The van der Waals surface area contributed by atoms with Crippen LogP contribution in [0, 0.1) is 0 Å². The maximum Gasteiger partial charge on any atom is 0.209 e. The molecule has 5 rings (SSSR count). The fraction of sp³-hybridized carbons (Fsp3) is 0.429. The van der Waals surface area contributed by atoms with Crippen molar-refractivity contribution >= 4 is 22.9 Å². The lowest BCUT2D eigenvalue weighted by Gasteiger charge is -2.29. The Bertz CT molecular complexity index is 1610. The van der Waals surface area contributed by atoms with E-state index in [1.165, 1.54) is 48.2 Å². The summed E-state index contributed by atoms with van der Waals surface area (Å²) in [6.45, 7) is 18.4. The molecule has 2 aromatic carbocycles. The van der Waals surface area contributed by atoms with Crippen LogP contribution in [0.1, 0.15) is 103 Å². The molecule has 0 aromatic heterocycles.